The molecule has 0 atom stereocenters. The van der Waals surface area contributed by atoms with Crippen molar-refractivity contribution in [1.82, 2.24) is 5.32 Å². The number of amides is 1. The van der Waals surface area contributed by atoms with E-state index in [2.05, 4.69) is 29.6 Å². The smallest absolute Gasteiger partial charge is 0.407 e. The molecule has 0 aliphatic heterocycles. The Labute approximate surface area is 187 Å². The van der Waals surface area contributed by atoms with Gasteiger partial charge in [0.2, 0.25) is 0 Å². The molecule has 0 spiro atoms. The highest BCUT2D eigenvalue weighted by Gasteiger charge is 2.28. The number of methoxy groups -OCH3 is 1. The predicted molar refractivity (Wildman–Crippen MR) is 125 cm³/mol. The highest BCUT2D eigenvalue weighted by molar-refractivity contribution is 6.30. The van der Waals surface area contributed by atoms with Crippen molar-refractivity contribution in [1.29, 1.82) is 0 Å². The number of halogens is 1. The topological polar surface area (TPSA) is 47.6 Å². The molecular formula is C26H24ClNO3. The molecule has 4 rings (SSSR count). The first kappa shape index (κ1) is 21.0. The average molecular weight is 434 g/mol. The number of rotatable bonds is 7. The van der Waals surface area contributed by atoms with Gasteiger partial charge < -0.3 is 14.8 Å². The Balaban J connectivity index is 1.28. The normalized spacial score (nSPS) is 12.5. The van der Waals surface area contributed by atoms with Crippen molar-refractivity contribution in [3.8, 4) is 16.9 Å². The van der Waals surface area contributed by atoms with E-state index in [0.29, 0.717) is 30.3 Å². The van der Waals surface area contributed by atoms with Crippen LogP contribution in [0.5, 0.6) is 5.75 Å². The molecule has 4 nitrogen and oxygen atoms in total. The van der Waals surface area contributed by atoms with Gasteiger partial charge in [0, 0.05) is 23.0 Å². The Hall–Kier alpha value is -3.24. The second kappa shape index (κ2) is 9.71. The van der Waals surface area contributed by atoms with Crippen LogP contribution in [0.2, 0.25) is 5.02 Å². The maximum absolute atomic E-state index is 12.2. The summed E-state index contributed by atoms with van der Waals surface area (Å²) in [5.74, 6) is 0.781. The Bertz CT molecular complexity index is 1060. The highest BCUT2D eigenvalue weighted by atomic mass is 35.5. The molecule has 0 heterocycles. The lowest BCUT2D eigenvalue weighted by atomic mass is 9.98. The summed E-state index contributed by atoms with van der Waals surface area (Å²) in [6.45, 7) is 0.806. The molecule has 0 radical (unpaired) electrons. The first-order valence-corrected chi connectivity index (χ1v) is 10.6. The monoisotopic (exact) mass is 433 g/mol. The number of carbonyl (C=O) groups is 1. The average Bonchev–Trinajstić information content (AvgIpc) is 3.12. The summed E-state index contributed by atoms with van der Waals surface area (Å²) in [4.78, 5) is 12.2. The van der Waals surface area contributed by atoms with Crippen LogP contribution in [-0.2, 0) is 4.74 Å². The van der Waals surface area contributed by atoms with E-state index in [4.69, 9.17) is 21.1 Å². The lowest BCUT2D eigenvalue weighted by Crippen LogP contribution is -2.26. The van der Waals surface area contributed by atoms with E-state index in [0.717, 1.165) is 5.56 Å². The summed E-state index contributed by atoms with van der Waals surface area (Å²) in [5, 5.41) is 3.44. The van der Waals surface area contributed by atoms with Crippen LogP contribution in [0.1, 0.15) is 29.0 Å². The first-order chi connectivity index (χ1) is 15.2. The maximum atomic E-state index is 12.2. The van der Waals surface area contributed by atoms with Crippen LogP contribution >= 0.6 is 11.6 Å². The molecule has 0 unspecified atom stereocenters. The van der Waals surface area contributed by atoms with Crippen molar-refractivity contribution in [2.45, 2.75) is 12.3 Å². The van der Waals surface area contributed by atoms with Crippen molar-refractivity contribution in [3.63, 3.8) is 0 Å². The van der Waals surface area contributed by atoms with Crippen LogP contribution in [-0.4, -0.2) is 26.4 Å². The molecule has 31 heavy (non-hydrogen) atoms. The largest absolute Gasteiger partial charge is 0.496 e. The lowest BCUT2D eigenvalue weighted by molar-refractivity contribution is 0.143. The van der Waals surface area contributed by atoms with E-state index in [1.807, 2.05) is 48.6 Å². The van der Waals surface area contributed by atoms with E-state index in [9.17, 15) is 4.79 Å². The zero-order valence-electron chi connectivity index (χ0n) is 17.3. The fourth-order valence-electron chi connectivity index (χ4n) is 3.94. The Kier molecular flexibility index (Phi) is 6.58. The van der Waals surface area contributed by atoms with Gasteiger partial charge in [0.15, 0.2) is 0 Å². The van der Waals surface area contributed by atoms with E-state index in [1.165, 1.54) is 22.3 Å². The van der Waals surface area contributed by atoms with Crippen molar-refractivity contribution < 1.29 is 14.3 Å². The van der Waals surface area contributed by atoms with Crippen LogP contribution in [0, 0.1) is 0 Å². The van der Waals surface area contributed by atoms with Crippen LogP contribution in [0.3, 0.4) is 0 Å². The summed E-state index contributed by atoms with van der Waals surface area (Å²) in [5.41, 5.74) is 5.78. The van der Waals surface area contributed by atoms with E-state index in [1.54, 1.807) is 13.2 Å². The van der Waals surface area contributed by atoms with Gasteiger partial charge in [-0.25, -0.2) is 4.79 Å². The Morgan fingerprint density at radius 2 is 1.71 bits per heavy atom. The molecule has 0 saturated carbocycles. The minimum atomic E-state index is -0.403. The summed E-state index contributed by atoms with van der Waals surface area (Å²) in [7, 11) is 1.61. The number of fused-ring (bicyclic) bond motifs is 3. The number of ether oxygens (including phenoxy) is 2. The number of hydrogen-bond donors (Lipinski definition) is 1. The molecule has 0 aromatic heterocycles. The molecule has 0 fully saturated rings. The van der Waals surface area contributed by atoms with Crippen molar-refractivity contribution in [2.75, 3.05) is 20.3 Å². The molecule has 0 bridgehead atoms. The second-order valence-corrected chi connectivity index (χ2v) is 7.77. The fourth-order valence-corrected chi connectivity index (χ4v) is 4.10. The van der Waals surface area contributed by atoms with E-state index < -0.39 is 6.09 Å². The number of alkyl carbamates (subject to hydrolysis) is 1. The zero-order valence-corrected chi connectivity index (χ0v) is 18.1. The minimum Gasteiger partial charge on any atom is -0.496 e. The molecule has 1 amide bonds. The molecule has 1 aliphatic carbocycles. The third kappa shape index (κ3) is 4.75. The van der Waals surface area contributed by atoms with Gasteiger partial charge in [-0.05, 0) is 46.9 Å². The number of hydrogen-bond acceptors (Lipinski definition) is 3. The second-order valence-electron chi connectivity index (χ2n) is 7.33. The Morgan fingerprint density at radius 3 is 2.39 bits per heavy atom. The summed E-state index contributed by atoms with van der Waals surface area (Å²) < 4.78 is 10.9. The predicted octanol–water partition coefficient (Wildman–Crippen LogP) is 6.29. The van der Waals surface area contributed by atoms with Crippen LogP contribution in [0.25, 0.3) is 17.2 Å². The highest BCUT2D eigenvalue weighted by Crippen LogP contribution is 2.44. The van der Waals surface area contributed by atoms with Gasteiger partial charge in [-0.1, -0.05) is 72.3 Å². The van der Waals surface area contributed by atoms with Crippen molar-refractivity contribution in [2.24, 2.45) is 0 Å². The first-order valence-electron chi connectivity index (χ1n) is 10.3. The molecule has 0 saturated heterocycles. The number of nitrogens with one attached hydrogen (secondary N) is 1. The summed E-state index contributed by atoms with van der Waals surface area (Å²) >= 11 is 5.98. The Morgan fingerprint density at radius 1 is 1.03 bits per heavy atom. The molecule has 1 aliphatic rings. The molecule has 3 aromatic carbocycles. The van der Waals surface area contributed by atoms with Crippen LogP contribution in [0.4, 0.5) is 4.79 Å². The zero-order chi connectivity index (χ0) is 21.6. The van der Waals surface area contributed by atoms with E-state index >= 15 is 0 Å². The summed E-state index contributed by atoms with van der Waals surface area (Å²) in [6.07, 6.45) is 4.21. The molecule has 3 aromatic rings. The van der Waals surface area contributed by atoms with Crippen LogP contribution < -0.4 is 10.1 Å². The fraction of sp³-hybridized carbons (Fsp3) is 0.192. The van der Waals surface area contributed by atoms with Crippen molar-refractivity contribution >= 4 is 23.8 Å². The minimum absolute atomic E-state index is 0.0652. The molecular weight excluding hydrogens is 410 g/mol. The molecule has 158 valence electrons. The van der Waals surface area contributed by atoms with Crippen LogP contribution in [0.15, 0.2) is 72.8 Å². The SMILES string of the molecule is COc1cc(Cl)ccc1C=CCCNC(=O)OCC1c2ccccc2-c2ccccc21. The lowest BCUT2D eigenvalue weighted by Gasteiger charge is -2.14. The van der Waals surface area contributed by atoms with Gasteiger partial charge in [-0.2, -0.15) is 0 Å². The standard InChI is InChI=1S/C26H24ClNO3/c1-30-25-16-19(27)14-13-18(25)8-6-7-15-28-26(29)31-17-24-22-11-4-2-9-20(22)21-10-3-5-12-23(21)24/h2-6,8-14,16,24H,7,15,17H2,1H3,(H,28,29). The van der Waals surface area contributed by atoms with Gasteiger partial charge in [0.1, 0.15) is 12.4 Å². The molecule has 5 heteroatoms. The van der Waals surface area contributed by atoms with Gasteiger partial charge in [0.25, 0.3) is 0 Å². The third-order valence-corrected chi connectivity index (χ3v) is 5.65. The third-order valence-electron chi connectivity index (χ3n) is 5.42. The van der Waals surface area contributed by atoms with Gasteiger partial charge >= 0.3 is 6.09 Å². The van der Waals surface area contributed by atoms with Gasteiger partial charge in [-0.3, -0.25) is 0 Å². The summed E-state index contributed by atoms with van der Waals surface area (Å²) in [6, 6.07) is 22.1. The number of benzene rings is 3. The van der Waals surface area contributed by atoms with Gasteiger partial charge in [-0.15, -0.1) is 0 Å². The molecule has 1 N–H and O–H groups in total. The van der Waals surface area contributed by atoms with E-state index in [-0.39, 0.29) is 5.92 Å². The maximum Gasteiger partial charge on any atom is 0.407 e. The van der Waals surface area contributed by atoms with Crippen molar-refractivity contribution in [3.05, 3.63) is 94.5 Å². The quantitative estimate of drug-likeness (QED) is 0.445. The number of carbonyl (C=O) groups excluding carboxylic acids is 1. The van der Waals surface area contributed by atoms with Gasteiger partial charge in [0.05, 0.1) is 7.11 Å².